The third-order valence-electron chi connectivity index (χ3n) is 3.53. The molecule has 2 heterocycles. The average molecular weight is 260 g/mol. The Hall–Kier alpha value is -2.74. The summed E-state index contributed by atoms with van der Waals surface area (Å²) in [6, 6.07) is 14.6. The van der Waals surface area contributed by atoms with Gasteiger partial charge in [-0.25, -0.2) is 0 Å². The first kappa shape index (κ1) is 11.1. The lowest BCUT2D eigenvalue weighted by Crippen LogP contribution is -2.04. The summed E-state index contributed by atoms with van der Waals surface area (Å²) in [5.74, 6) is 0.748. The van der Waals surface area contributed by atoms with Gasteiger partial charge in [-0.3, -0.25) is 0 Å². The van der Waals surface area contributed by atoms with Crippen molar-refractivity contribution in [3.63, 3.8) is 0 Å². The van der Waals surface area contributed by atoms with Gasteiger partial charge in [0.25, 0.3) is 0 Å². The summed E-state index contributed by atoms with van der Waals surface area (Å²) < 4.78 is 10.9. The first-order valence-corrected chi connectivity index (χ1v) is 6.52. The number of hydrogen-bond acceptors (Lipinski definition) is 2. The molecule has 2 aromatic rings. The summed E-state index contributed by atoms with van der Waals surface area (Å²) in [7, 11) is 0. The standard InChI is InChI=1S/C18H12O2/c1-2-7-14-13(5-1)6-3-8-15(14)17-11-19-12-18-16(17)9-4-10-20-18/h1-12H. The highest BCUT2D eigenvalue weighted by atomic mass is 16.5. The molecule has 0 spiro atoms. The molecule has 2 aliphatic rings. The maximum absolute atomic E-state index is 5.49. The highest BCUT2D eigenvalue weighted by Crippen LogP contribution is 2.37. The summed E-state index contributed by atoms with van der Waals surface area (Å²) in [6.07, 6.45) is 9.01. The molecule has 4 rings (SSSR count). The van der Waals surface area contributed by atoms with E-state index in [1.807, 2.05) is 12.2 Å². The minimum atomic E-state index is 0.748. The van der Waals surface area contributed by atoms with Crippen molar-refractivity contribution >= 4 is 16.3 Å². The van der Waals surface area contributed by atoms with Crippen LogP contribution in [0, 0.1) is 0 Å². The van der Waals surface area contributed by atoms with Gasteiger partial charge in [-0.2, -0.15) is 0 Å². The lowest BCUT2D eigenvalue weighted by atomic mass is 9.92. The van der Waals surface area contributed by atoms with Gasteiger partial charge in [0, 0.05) is 11.1 Å². The quantitative estimate of drug-likeness (QED) is 0.750. The van der Waals surface area contributed by atoms with Crippen LogP contribution in [-0.4, -0.2) is 0 Å². The first-order chi connectivity index (χ1) is 9.93. The Balaban J connectivity index is 1.93. The topological polar surface area (TPSA) is 18.5 Å². The summed E-state index contributed by atoms with van der Waals surface area (Å²) in [6.45, 7) is 0. The molecule has 0 unspecified atom stereocenters. The van der Waals surface area contributed by atoms with Crippen LogP contribution >= 0.6 is 0 Å². The normalized spacial score (nSPS) is 16.5. The molecular formula is C18H12O2. The van der Waals surface area contributed by atoms with Crippen molar-refractivity contribution in [3.8, 4) is 0 Å². The van der Waals surface area contributed by atoms with Crippen molar-refractivity contribution in [1.82, 2.24) is 0 Å². The minimum Gasteiger partial charge on any atom is -0.468 e. The third-order valence-corrected chi connectivity index (χ3v) is 3.53. The number of hydrogen-bond donors (Lipinski definition) is 0. The molecule has 0 aliphatic carbocycles. The molecule has 0 radical (unpaired) electrons. The lowest BCUT2D eigenvalue weighted by Gasteiger charge is -2.21. The lowest BCUT2D eigenvalue weighted by molar-refractivity contribution is 0.307. The number of benzene rings is 2. The maximum Gasteiger partial charge on any atom is 0.169 e. The van der Waals surface area contributed by atoms with Gasteiger partial charge >= 0.3 is 0 Å². The smallest absolute Gasteiger partial charge is 0.169 e. The third kappa shape index (κ3) is 1.66. The van der Waals surface area contributed by atoms with Gasteiger partial charge in [0.1, 0.15) is 6.26 Å². The zero-order valence-electron chi connectivity index (χ0n) is 10.7. The van der Waals surface area contributed by atoms with E-state index in [1.165, 1.54) is 10.8 Å². The second-order valence-electron chi connectivity index (χ2n) is 4.70. The number of ether oxygens (including phenoxy) is 2. The second kappa shape index (κ2) is 4.42. The van der Waals surface area contributed by atoms with Gasteiger partial charge in [0.15, 0.2) is 5.76 Å². The molecule has 20 heavy (non-hydrogen) atoms. The Kier molecular flexibility index (Phi) is 2.46. The highest BCUT2D eigenvalue weighted by Gasteiger charge is 2.20. The van der Waals surface area contributed by atoms with Gasteiger partial charge in [0.05, 0.1) is 12.5 Å². The Labute approximate surface area is 116 Å². The van der Waals surface area contributed by atoms with Crippen LogP contribution in [0.5, 0.6) is 0 Å². The van der Waals surface area contributed by atoms with E-state index in [2.05, 4.69) is 42.5 Å². The zero-order chi connectivity index (χ0) is 13.4. The SMILES string of the molecule is C1=COC2=COC=C(c3cccc4ccccc34)C2=C1. The Morgan fingerprint density at radius 1 is 0.800 bits per heavy atom. The molecule has 2 nitrogen and oxygen atoms in total. The van der Waals surface area contributed by atoms with E-state index in [9.17, 15) is 0 Å². The van der Waals surface area contributed by atoms with Gasteiger partial charge in [-0.15, -0.1) is 0 Å². The van der Waals surface area contributed by atoms with E-state index in [4.69, 9.17) is 9.47 Å². The summed E-state index contributed by atoms with van der Waals surface area (Å²) >= 11 is 0. The molecule has 0 amide bonds. The molecule has 2 aliphatic heterocycles. The second-order valence-corrected chi connectivity index (χ2v) is 4.70. The van der Waals surface area contributed by atoms with Crippen molar-refractivity contribution in [3.05, 3.63) is 90.3 Å². The summed E-state index contributed by atoms with van der Waals surface area (Å²) in [5, 5.41) is 2.43. The zero-order valence-corrected chi connectivity index (χ0v) is 10.7. The molecule has 2 heteroatoms. The van der Waals surface area contributed by atoms with Crippen LogP contribution in [0.1, 0.15) is 5.56 Å². The molecule has 0 N–H and O–H groups in total. The first-order valence-electron chi connectivity index (χ1n) is 6.52. The van der Waals surface area contributed by atoms with Crippen molar-refractivity contribution in [2.24, 2.45) is 0 Å². The molecular weight excluding hydrogens is 248 g/mol. The number of fused-ring (bicyclic) bond motifs is 2. The highest BCUT2D eigenvalue weighted by molar-refractivity contribution is 5.98. The van der Waals surface area contributed by atoms with E-state index in [1.54, 1.807) is 18.8 Å². The van der Waals surface area contributed by atoms with Gasteiger partial charge in [-0.1, -0.05) is 42.5 Å². The van der Waals surface area contributed by atoms with Crippen LogP contribution in [0.3, 0.4) is 0 Å². The minimum absolute atomic E-state index is 0.748. The van der Waals surface area contributed by atoms with E-state index in [0.29, 0.717) is 0 Å². The van der Waals surface area contributed by atoms with Crippen LogP contribution in [0.25, 0.3) is 16.3 Å². The van der Waals surface area contributed by atoms with Gasteiger partial charge in [-0.05, 0) is 28.5 Å². The van der Waals surface area contributed by atoms with Crippen molar-refractivity contribution in [2.75, 3.05) is 0 Å². The largest absolute Gasteiger partial charge is 0.468 e. The van der Waals surface area contributed by atoms with Gasteiger partial charge in [0.2, 0.25) is 0 Å². The van der Waals surface area contributed by atoms with E-state index in [-0.39, 0.29) is 0 Å². The van der Waals surface area contributed by atoms with Crippen molar-refractivity contribution in [2.45, 2.75) is 0 Å². The number of rotatable bonds is 1. The number of allylic oxidation sites excluding steroid dienone is 3. The fraction of sp³-hybridized carbons (Fsp3) is 0. The van der Waals surface area contributed by atoms with Crippen LogP contribution < -0.4 is 0 Å². The predicted molar refractivity (Wildman–Crippen MR) is 79.4 cm³/mol. The predicted octanol–water partition coefficient (Wildman–Crippen LogP) is 4.52. The van der Waals surface area contributed by atoms with Crippen molar-refractivity contribution in [1.29, 1.82) is 0 Å². The summed E-state index contributed by atoms with van der Waals surface area (Å²) in [5.41, 5.74) is 3.25. The molecule has 2 aromatic carbocycles. The Morgan fingerprint density at radius 3 is 2.70 bits per heavy atom. The Bertz CT molecular complexity index is 802. The maximum atomic E-state index is 5.49. The van der Waals surface area contributed by atoms with Crippen LogP contribution in [0.2, 0.25) is 0 Å². The molecule has 0 atom stereocenters. The van der Waals surface area contributed by atoms with E-state index in [0.717, 1.165) is 22.5 Å². The van der Waals surface area contributed by atoms with Crippen LogP contribution in [-0.2, 0) is 9.47 Å². The molecule has 96 valence electrons. The molecule has 0 bridgehead atoms. The fourth-order valence-corrected chi connectivity index (χ4v) is 2.60. The molecule has 0 saturated heterocycles. The van der Waals surface area contributed by atoms with Crippen molar-refractivity contribution < 1.29 is 9.47 Å². The molecule has 0 saturated carbocycles. The van der Waals surface area contributed by atoms with E-state index >= 15 is 0 Å². The molecule has 0 aromatic heterocycles. The van der Waals surface area contributed by atoms with E-state index < -0.39 is 0 Å². The fourth-order valence-electron chi connectivity index (χ4n) is 2.60. The monoisotopic (exact) mass is 260 g/mol. The average Bonchev–Trinajstić information content (AvgIpc) is 2.54. The Morgan fingerprint density at radius 2 is 1.70 bits per heavy atom. The molecule has 0 fully saturated rings. The van der Waals surface area contributed by atoms with Crippen LogP contribution in [0.4, 0.5) is 0 Å². The van der Waals surface area contributed by atoms with Crippen LogP contribution in [0.15, 0.2) is 84.7 Å². The summed E-state index contributed by atoms with van der Waals surface area (Å²) in [4.78, 5) is 0. The van der Waals surface area contributed by atoms with Gasteiger partial charge < -0.3 is 9.47 Å².